The minimum atomic E-state index is -1.74. The molecule has 204 valence electrons. The van der Waals surface area contributed by atoms with Crippen LogP contribution in [0, 0.1) is 0 Å². The third-order valence-corrected chi connectivity index (χ3v) is 6.42. The molecule has 0 bridgehead atoms. The first kappa shape index (κ1) is 28.5. The van der Waals surface area contributed by atoms with Crippen molar-refractivity contribution in [3.8, 4) is 0 Å². The van der Waals surface area contributed by atoms with Gasteiger partial charge in [-0.2, -0.15) is 0 Å². The van der Waals surface area contributed by atoms with Crippen LogP contribution in [0.15, 0.2) is 0 Å². The lowest BCUT2D eigenvalue weighted by molar-refractivity contribution is -0.377. The fraction of sp³-hybridized carbons (Fsp3) is 0.950. The zero-order chi connectivity index (χ0) is 26.2. The molecule has 1 unspecified atom stereocenters. The van der Waals surface area contributed by atoms with Gasteiger partial charge in [0.05, 0.1) is 18.8 Å². The first-order valence-corrected chi connectivity index (χ1v) is 11.3. The van der Waals surface area contributed by atoms with E-state index >= 15 is 0 Å². The Morgan fingerprint density at radius 1 is 0.743 bits per heavy atom. The van der Waals surface area contributed by atoms with Gasteiger partial charge in [-0.25, -0.2) is 0 Å². The third-order valence-electron chi connectivity index (χ3n) is 6.42. The molecule has 1 amide bonds. The first-order valence-electron chi connectivity index (χ1n) is 11.3. The summed E-state index contributed by atoms with van der Waals surface area (Å²) in [4.78, 5) is 11.7. The normalized spacial score (nSPS) is 51.1. The highest BCUT2D eigenvalue weighted by Gasteiger charge is 2.53. The minimum Gasteiger partial charge on any atom is -0.394 e. The van der Waals surface area contributed by atoms with Gasteiger partial charge in [0, 0.05) is 6.92 Å². The Kier molecular flexibility index (Phi) is 9.42. The van der Waals surface area contributed by atoms with Crippen LogP contribution in [0.3, 0.4) is 0 Å². The molecule has 15 atom stereocenters. The average Bonchev–Trinajstić information content (AvgIpc) is 2.80. The van der Waals surface area contributed by atoms with Gasteiger partial charge in [0.2, 0.25) is 5.91 Å². The predicted molar refractivity (Wildman–Crippen MR) is 110 cm³/mol. The fourth-order valence-electron chi connectivity index (χ4n) is 4.33. The number of ether oxygens (including phenoxy) is 5. The molecule has 0 aromatic carbocycles. The number of hydrogen-bond donors (Lipinski definition) is 9. The van der Waals surface area contributed by atoms with Crippen molar-refractivity contribution >= 4 is 5.91 Å². The Morgan fingerprint density at radius 3 is 1.86 bits per heavy atom. The van der Waals surface area contributed by atoms with Crippen LogP contribution in [-0.2, 0) is 28.5 Å². The van der Waals surface area contributed by atoms with Crippen molar-refractivity contribution in [3.05, 3.63) is 0 Å². The van der Waals surface area contributed by atoms with Gasteiger partial charge >= 0.3 is 0 Å². The molecule has 0 aromatic heterocycles. The largest absolute Gasteiger partial charge is 0.394 e. The topological polar surface area (TPSA) is 237 Å². The molecule has 35 heavy (non-hydrogen) atoms. The zero-order valence-corrected chi connectivity index (χ0v) is 19.4. The standard InChI is InChI=1S/C20H35NO14/c1-5-10(24)13(27)15(29)19(31-5)35-17-14(28)11(25)6(2)32-20(17)34-16-9(21-7(3)23)18(30)33-8(4-22)12(16)26/h5-6,8-20,22,24-30H,4H2,1-3H3,(H,21,23)/t5-,6+,8+,9+,10+,11-,12+,13+,14-,15-,16+,17+,18?,19-,20-/m0/s1. The van der Waals surface area contributed by atoms with Crippen LogP contribution in [0.25, 0.3) is 0 Å². The molecule has 0 aromatic rings. The molecule has 9 N–H and O–H groups in total. The third kappa shape index (κ3) is 5.93. The molecule has 3 aliphatic heterocycles. The molecule has 0 radical (unpaired) electrons. The zero-order valence-electron chi connectivity index (χ0n) is 19.4. The number of aliphatic hydroxyl groups excluding tert-OH is 8. The molecular formula is C20H35NO14. The van der Waals surface area contributed by atoms with Gasteiger partial charge in [-0.15, -0.1) is 0 Å². The summed E-state index contributed by atoms with van der Waals surface area (Å²) >= 11 is 0. The maximum atomic E-state index is 11.7. The summed E-state index contributed by atoms with van der Waals surface area (Å²) in [7, 11) is 0. The number of amides is 1. The molecule has 15 heteroatoms. The monoisotopic (exact) mass is 513 g/mol. The smallest absolute Gasteiger partial charge is 0.217 e. The molecule has 3 rings (SSSR count). The van der Waals surface area contributed by atoms with Crippen LogP contribution < -0.4 is 5.32 Å². The van der Waals surface area contributed by atoms with Crippen molar-refractivity contribution in [2.75, 3.05) is 6.61 Å². The van der Waals surface area contributed by atoms with Crippen molar-refractivity contribution in [1.82, 2.24) is 5.32 Å². The second kappa shape index (κ2) is 11.6. The van der Waals surface area contributed by atoms with Crippen molar-refractivity contribution in [2.45, 2.75) is 113 Å². The summed E-state index contributed by atoms with van der Waals surface area (Å²) in [5.74, 6) is -0.595. The highest BCUT2D eigenvalue weighted by Crippen LogP contribution is 2.32. The molecule has 3 heterocycles. The SMILES string of the molecule is CC(=O)N[C@H]1C(O)O[C@H](CO)[C@@H](O)[C@@H]1O[C@@H]1O[C@H](C)[C@H](O)[C@H](O)[C@H]1O[C@@H]1O[C@@H](C)[C@@H](O)[C@@H](O)[C@@H]1O. The number of carbonyl (C=O) groups excluding carboxylic acids is 1. The number of aliphatic hydroxyl groups is 8. The first-order chi connectivity index (χ1) is 16.4. The second-order valence-corrected chi connectivity index (χ2v) is 9.04. The van der Waals surface area contributed by atoms with Gasteiger partial charge in [0.25, 0.3) is 0 Å². The average molecular weight is 513 g/mol. The van der Waals surface area contributed by atoms with Gasteiger partial charge in [-0.05, 0) is 13.8 Å². The van der Waals surface area contributed by atoms with Crippen molar-refractivity contribution < 1.29 is 69.3 Å². The Balaban J connectivity index is 1.86. The van der Waals surface area contributed by atoms with E-state index in [-0.39, 0.29) is 0 Å². The number of nitrogens with one attached hydrogen (secondary N) is 1. The molecule has 0 spiro atoms. The van der Waals surface area contributed by atoms with Crippen LogP contribution >= 0.6 is 0 Å². The van der Waals surface area contributed by atoms with Gasteiger partial charge in [-0.3, -0.25) is 4.79 Å². The Labute approximate surface area is 200 Å². The summed E-state index contributed by atoms with van der Waals surface area (Å²) in [5.41, 5.74) is 0. The molecule has 15 nitrogen and oxygen atoms in total. The lowest BCUT2D eigenvalue weighted by Gasteiger charge is -2.48. The predicted octanol–water partition coefficient (Wildman–Crippen LogP) is -5.37. The Morgan fingerprint density at radius 2 is 1.29 bits per heavy atom. The number of hydrogen-bond acceptors (Lipinski definition) is 14. The van der Waals surface area contributed by atoms with E-state index in [1.54, 1.807) is 0 Å². The van der Waals surface area contributed by atoms with Crippen LogP contribution in [0.4, 0.5) is 0 Å². The van der Waals surface area contributed by atoms with Crippen LogP contribution in [-0.4, -0.2) is 145 Å². The van der Waals surface area contributed by atoms with E-state index in [0.717, 1.165) is 6.92 Å². The maximum absolute atomic E-state index is 11.7. The summed E-state index contributed by atoms with van der Waals surface area (Å²) in [6.45, 7) is 3.30. The number of carbonyl (C=O) groups is 1. The van der Waals surface area contributed by atoms with Gasteiger partial charge in [0.1, 0.15) is 61.0 Å². The molecular weight excluding hydrogens is 478 g/mol. The summed E-state index contributed by atoms with van der Waals surface area (Å²) in [5, 5.41) is 84.2. The number of rotatable bonds is 6. The van der Waals surface area contributed by atoms with Gasteiger partial charge in [-0.1, -0.05) is 0 Å². The van der Waals surface area contributed by atoms with Gasteiger partial charge < -0.3 is 69.9 Å². The Bertz CT molecular complexity index is 715. The van der Waals surface area contributed by atoms with Crippen molar-refractivity contribution in [1.29, 1.82) is 0 Å². The molecule has 0 saturated carbocycles. The van der Waals surface area contributed by atoms with Crippen LogP contribution in [0.5, 0.6) is 0 Å². The summed E-state index contributed by atoms with van der Waals surface area (Å²) in [6, 6.07) is -1.33. The molecule has 3 fully saturated rings. The van der Waals surface area contributed by atoms with E-state index < -0.39 is 105 Å². The van der Waals surface area contributed by atoms with E-state index in [9.17, 15) is 45.6 Å². The van der Waals surface area contributed by atoms with Crippen LogP contribution in [0.2, 0.25) is 0 Å². The highest BCUT2D eigenvalue weighted by molar-refractivity contribution is 5.73. The lowest BCUT2D eigenvalue weighted by Crippen LogP contribution is -2.68. The van der Waals surface area contributed by atoms with E-state index in [1.807, 2.05) is 0 Å². The van der Waals surface area contributed by atoms with E-state index in [0.29, 0.717) is 0 Å². The summed E-state index contributed by atoms with van der Waals surface area (Å²) < 4.78 is 27.6. The van der Waals surface area contributed by atoms with Crippen LogP contribution in [0.1, 0.15) is 20.8 Å². The van der Waals surface area contributed by atoms with E-state index in [1.165, 1.54) is 13.8 Å². The quantitative estimate of drug-likeness (QED) is 0.161. The molecule has 3 aliphatic rings. The van der Waals surface area contributed by atoms with E-state index in [2.05, 4.69) is 5.32 Å². The van der Waals surface area contributed by atoms with Crippen molar-refractivity contribution in [3.63, 3.8) is 0 Å². The van der Waals surface area contributed by atoms with E-state index in [4.69, 9.17) is 23.7 Å². The molecule has 0 aliphatic carbocycles. The fourth-order valence-corrected chi connectivity index (χ4v) is 4.33. The van der Waals surface area contributed by atoms with Crippen molar-refractivity contribution in [2.24, 2.45) is 0 Å². The Hall–Kier alpha value is -1.05. The van der Waals surface area contributed by atoms with Gasteiger partial charge in [0.15, 0.2) is 18.9 Å². The summed E-state index contributed by atoms with van der Waals surface area (Å²) in [6.07, 6.45) is -20.7. The lowest BCUT2D eigenvalue weighted by atomic mass is 9.95. The molecule has 3 saturated heterocycles. The maximum Gasteiger partial charge on any atom is 0.217 e. The highest BCUT2D eigenvalue weighted by atomic mass is 16.8. The minimum absolute atomic E-state index is 0.595. The second-order valence-electron chi connectivity index (χ2n) is 9.04.